The van der Waals surface area contributed by atoms with Gasteiger partial charge in [-0.3, -0.25) is 0 Å². The van der Waals surface area contributed by atoms with Gasteiger partial charge in [-0.05, 0) is 42.3 Å². The summed E-state index contributed by atoms with van der Waals surface area (Å²) in [6, 6.07) is 12.4. The summed E-state index contributed by atoms with van der Waals surface area (Å²) < 4.78 is 176. The molecule has 0 bridgehead atoms. The lowest BCUT2D eigenvalue weighted by Gasteiger charge is -2.39. The summed E-state index contributed by atoms with van der Waals surface area (Å²) in [7, 11) is 0. The summed E-state index contributed by atoms with van der Waals surface area (Å²) in [5.41, 5.74) is 1.35. The van der Waals surface area contributed by atoms with Crippen LogP contribution in [0.2, 0.25) is 0 Å². The van der Waals surface area contributed by atoms with E-state index >= 15 is 0 Å². The maximum Gasteiger partial charge on any atom is 0.460 e. The number of thioether (sulfide) groups is 1. The molecule has 0 saturated carbocycles. The molecule has 0 amide bonds. The van der Waals surface area contributed by atoms with Crippen molar-refractivity contribution in [3.63, 3.8) is 0 Å². The molecule has 37 heavy (non-hydrogen) atoms. The van der Waals surface area contributed by atoms with E-state index in [4.69, 9.17) is 4.74 Å². The molecule has 0 aliphatic rings. The Kier molecular flexibility index (Phi) is 8.72. The van der Waals surface area contributed by atoms with Crippen molar-refractivity contribution in [2.45, 2.75) is 54.0 Å². The Morgan fingerprint density at radius 2 is 1.03 bits per heavy atom. The lowest BCUT2D eigenvalue weighted by atomic mass is 9.93. The number of hydrogen-bond donors (Lipinski definition) is 0. The molecule has 0 N–H and O–H groups in total. The predicted octanol–water partition coefficient (Wildman–Crippen LogP) is 8.97. The second-order valence-corrected chi connectivity index (χ2v) is 8.75. The number of hydrogen-bond acceptors (Lipinski definition) is 2. The molecule has 208 valence electrons. The molecule has 2 aromatic rings. The van der Waals surface area contributed by atoms with Crippen molar-refractivity contribution in [3.8, 4) is 16.9 Å². The Morgan fingerprint density at radius 1 is 0.595 bits per heavy atom. The average Bonchev–Trinajstić information content (AvgIpc) is 2.79. The van der Waals surface area contributed by atoms with Gasteiger partial charge in [0.25, 0.3) is 0 Å². The monoisotopic (exact) mass is 576 g/mol. The third-order valence-electron chi connectivity index (χ3n) is 5.04. The van der Waals surface area contributed by atoms with E-state index in [0.717, 1.165) is 0 Å². The summed E-state index contributed by atoms with van der Waals surface area (Å²) in [6.45, 7) is 2.23. The standard InChI is InChI=1S/C22H17F13OS/c1-2-36-15-7-3-13(4-8-15)14-5-9-16(10-6-14)37-12-11-17(23,24)18(25,26)19(27,28)20(29,30)21(31,32)22(33,34)35/h3-10H,2,11-12H2,1H3. The highest BCUT2D eigenvalue weighted by Gasteiger charge is 2.90. The normalized spacial score (nSPS) is 14.1. The number of alkyl halides is 13. The molecule has 0 radical (unpaired) electrons. The van der Waals surface area contributed by atoms with Gasteiger partial charge in [0.15, 0.2) is 0 Å². The predicted molar refractivity (Wildman–Crippen MR) is 109 cm³/mol. The van der Waals surface area contributed by atoms with Gasteiger partial charge in [0, 0.05) is 17.1 Å². The molecule has 0 aliphatic heterocycles. The third-order valence-corrected chi connectivity index (χ3v) is 6.05. The van der Waals surface area contributed by atoms with E-state index in [1.807, 2.05) is 0 Å². The molecule has 0 unspecified atom stereocenters. The van der Waals surface area contributed by atoms with E-state index in [1.54, 1.807) is 31.2 Å². The zero-order chi connectivity index (χ0) is 28.5. The van der Waals surface area contributed by atoms with Crippen molar-refractivity contribution in [1.29, 1.82) is 0 Å². The van der Waals surface area contributed by atoms with Crippen LogP contribution in [0.5, 0.6) is 5.75 Å². The lowest BCUT2D eigenvalue weighted by molar-refractivity contribution is -0.439. The highest BCUT2D eigenvalue weighted by atomic mass is 32.2. The maximum atomic E-state index is 13.9. The van der Waals surface area contributed by atoms with Crippen molar-refractivity contribution >= 4 is 11.8 Å². The molecule has 0 atom stereocenters. The van der Waals surface area contributed by atoms with Crippen LogP contribution in [0.1, 0.15) is 13.3 Å². The first-order valence-electron chi connectivity index (χ1n) is 10.1. The van der Waals surface area contributed by atoms with Crippen LogP contribution >= 0.6 is 11.8 Å². The second kappa shape index (κ2) is 10.4. The molecule has 0 fully saturated rings. The number of rotatable bonds is 11. The van der Waals surface area contributed by atoms with Crippen molar-refractivity contribution in [3.05, 3.63) is 48.5 Å². The third kappa shape index (κ3) is 5.75. The van der Waals surface area contributed by atoms with E-state index < -0.39 is 48.0 Å². The Hall–Kier alpha value is -2.32. The molecule has 15 heteroatoms. The SMILES string of the molecule is CCOc1ccc(-c2ccc(SCCC(F)(F)C(F)(F)C(F)(F)C(F)(F)C(F)(F)C(F)(F)F)cc2)cc1. The topological polar surface area (TPSA) is 9.23 Å². The van der Waals surface area contributed by atoms with Crippen molar-refractivity contribution in [1.82, 2.24) is 0 Å². The fraction of sp³-hybridized carbons (Fsp3) is 0.455. The Morgan fingerprint density at radius 3 is 1.46 bits per heavy atom. The van der Waals surface area contributed by atoms with Gasteiger partial charge in [-0.15, -0.1) is 11.8 Å². The molecule has 1 nitrogen and oxygen atoms in total. The van der Waals surface area contributed by atoms with Crippen LogP contribution in [0.3, 0.4) is 0 Å². The van der Waals surface area contributed by atoms with E-state index in [2.05, 4.69) is 0 Å². The van der Waals surface area contributed by atoms with Crippen molar-refractivity contribution < 1.29 is 61.8 Å². The fourth-order valence-electron chi connectivity index (χ4n) is 2.91. The highest BCUT2D eigenvalue weighted by Crippen LogP contribution is 2.60. The van der Waals surface area contributed by atoms with Gasteiger partial charge >= 0.3 is 35.8 Å². The van der Waals surface area contributed by atoms with Crippen molar-refractivity contribution in [2.24, 2.45) is 0 Å². The van der Waals surface area contributed by atoms with Gasteiger partial charge in [-0.2, -0.15) is 57.1 Å². The van der Waals surface area contributed by atoms with Crippen LogP contribution in [0.4, 0.5) is 57.1 Å². The Bertz CT molecular complexity index is 1030. The maximum absolute atomic E-state index is 13.9. The van der Waals surface area contributed by atoms with E-state index in [9.17, 15) is 57.1 Å². The van der Waals surface area contributed by atoms with Crippen LogP contribution in [-0.4, -0.2) is 48.1 Å². The molecule has 0 aliphatic carbocycles. The van der Waals surface area contributed by atoms with Crippen LogP contribution in [-0.2, 0) is 0 Å². The van der Waals surface area contributed by atoms with Gasteiger partial charge in [-0.1, -0.05) is 24.3 Å². The molecule has 0 heterocycles. The van der Waals surface area contributed by atoms with Crippen LogP contribution in [0, 0.1) is 0 Å². The van der Waals surface area contributed by atoms with Crippen LogP contribution < -0.4 is 4.74 Å². The molecular weight excluding hydrogens is 559 g/mol. The second-order valence-electron chi connectivity index (χ2n) is 7.58. The van der Waals surface area contributed by atoms with Gasteiger partial charge < -0.3 is 4.74 Å². The Labute approximate surface area is 206 Å². The lowest BCUT2D eigenvalue weighted by Crippen LogP contribution is -2.70. The van der Waals surface area contributed by atoms with Crippen LogP contribution in [0.15, 0.2) is 53.4 Å². The van der Waals surface area contributed by atoms with Gasteiger partial charge in [0.05, 0.1) is 6.61 Å². The highest BCUT2D eigenvalue weighted by molar-refractivity contribution is 7.99. The number of ether oxygens (including phenoxy) is 1. The average molecular weight is 576 g/mol. The molecule has 0 aromatic heterocycles. The summed E-state index contributed by atoms with van der Waals surface area (Å²) in [6.07, 6.45) is -9.66. The fourth-order valence-corrected chi connectivity index (χ4v) is 3.83. The first-order valence-corrected chi connectivity index (χ1v) is 11.1. The quantitative estimate of drug-likeness (QED) is 0.195. The minimum absolute atomic E-state index is 0.162. The minimum atomic E-state index is -7.88. The summed E-state index contributed by atoms with van der Waals surface area (Å²) in [5, 5.41) is 0. The van der Waals surface area contributed by atoms with E-state index in [-0.39, 0.29) is 4.90 Å². The first-order chi connectivity index (χ1) is 16.7. The Balaban J connectivity index is 2.12. The molecular formula is C22H17F13OS. The van der Waals surface area contributed by atoms with Gasteiger partial charge in [0.1, 0.15) is 5.75 Å². The largest absolute Gasteiger partial charge is 0.494 e. The van der Waals surface area contributed by atoms with Gasteiger partial charge in [-0.25, -0.2) is 0 Å². The van der Waals surface area contributed by atoms with Crippen LogP contribution in [0.25, 0.3) is 11.1 Å². The molecule has 2 aromatic carbocycles. The first kappa shape index (κ1) is 30.9. The molecule has 0 saturated heterocycles. The zero-order valence-electron chi connectivity index (χ0n) is 18.5. The molecule has 2 rings (SSSR count). The summed E-state index contributed by atoms with van der Waals surface area (Å²) in [5.74, 6) is -37.2. The summed E-state index contributed by atoms with van der Waals surface area (Å²) in [4.78, 5) is 0.162. The summed E-state index contributed by atoms with van der Waals surface area (Å²) >= 11 is 0.410. The van der Waals surface area contributed by atoms with E-state index in [1.165, 1.54) is 24.3 Å². The molecule has 0 spiro atoms. The van der Waals surface area contributed by atoms with Crippen molar-refractivity contribution in [2.75, 3.05) is 12.4 Å². The smallest absolute Gasteiger partial charge is 0.460 e. The number of benzene rings is 2. The van der Waals surface area contributed by atoms with E-state index in [0.29, 0.717) is 35.2 Å². The minimum Gasteiger partial charge on any atom is -0.494 e. The number of halogens is 13. The zero-order valence-corrected chi connectivity index (χ0v) is 19.3. The van der Waals surface area contributed by atoms with Gasteiger partial charge in [0.2, 0.25) is 0 Å².